The first-order chi connectivity index (χ1) is 9.11. The minimum Gasteiger partial charge on any atom is -0.353 e. The number of hydrogen-bond acceptors (Lipinski definition) is 4. The lowest BCUT2D eigenvalue weighted by Gasteiger charge is -2.33. The summed E-state index contributed by atoms with van der Waals surface area (Å²) in [5.41, 5.74) is 0.502. The zero-order valence-corrected chi connectivity index (χ0v) is 10.2. The van der Waals surface area contributed by atoms with Gasteiger partial charge in [0.25, 0.3) is 0 Å². The number of amides is 2. The van der Waals surface area contributed by atoms with Crippen LogP contribution < -0.4 is 4.90 Å². The van der Waals surface area contributed by atoms with Crippen molar-refractivity contribution in [1.29, 1.82) is 5.26 Å². The van der Waals surface area contributed by atoms with Crippen LogP contribution in [0.4, 0.5) is 10.1 Å². The van der Waals surface area contributed by atoms with Crippen LogP contribution in [-0.2, 0) is 9.59 Å². The number of anilines is 1. The molecule has 2 rings (SSSR count). The summed E-state index contributed by atoms with van der Waals surface area (Å²) in [6, 6.07) is 7.66. The Labute approximate surface area is 109 Å². The molecular weight excluding hydrogens is 249 g/mol. The second-order valence-corrected chi connectivity index (χ2v) is 4.18. The van der Waals surface area contributed by atoms with Gasteiger partial charge in [-0.25, -0.2) is 4.39 Å². The van der Waals surface area contributed by atoms with E-state index in [-0.39, 0.29) is 37.9 Å². The molecule has 0 radical (unpaired) electrons. The fourth-order valence-electron chi connectivity index (χ4n) is 1.96. The first-order valence-corrected chi connectivity index (χ1v) is 5.82. The number of imide groups is 1. The summed E-state index contributed by atoms with van der Waals surface area (Å²) >= 11 is 0. The third-order valence-corrected chi connectivity index (χ3v) is 2.87. The molecule has 0 unspecified atom stereocenters. The van der Waals surface area contributed by atoms with Gasteiger partial charge in [-0.15, -0.1) is 0 Å². The molecule has 6 heteroatoms. The highest BCUT2D eigenvalue weighted by Crippen LogP contribution is 2.18. The number of rotatable bonds is 3. The van der Waals surface area contributed by atoms with Gasteiger partial charge in [0.05, 0.1) is 25.6 Å². The number of nitriles is 1. The number of carbonyl (C=O) groups excluding carboxylic acids is 2. The standard InChI is InChI=1S/C13H12FN3O2/c14-10-3-1-4-11(7-10)16-8-12(18)17(6-2-5-15)13(19)9-16/h1,3-4,7H,2,6,8-9H2. The van der Waals surface area contributed by atoms with E-state index in [4.69, 9.17) is 5.26 Å². The zero-order chi connectivity index (χ0) is 13.8. The predicted molar refractivity (Wildman–Crippen MR) is 65.6 cm³/mol. The minimum absolute atomic E-state index is 0.0145. The van der Waals surface area contributed by atoms with Crippen molar-refractivity contribution < 1.29 is 14.0 Å². The molecule has 0 aliphatic carbocycles. The Kier molecular flexibility index (Phi) is 3.76. The van der Waals surface area contributed by atoms with Gasteiger partial charge in [0, 0.05) is 12.2 Å². The van der Waals surface area contributed by atoms with Gasteiger partial charge in [0.2, 0.25) is 11.8 Å². The molecule has 1 aliphatic rings. The highest BCUT2D eigenvalue weighted by Gasteiger charge is 2.30. The van der Waals surface area contributed by atoms with Crippen molar-refractivity contribution in [1.82, 2.24) is 4.90 Å². The van der Waals surface area contributed by atoms with Gasteiger partial charge in [-0.1, -0.05) is 6.07 Å². The van der Waals surface area contributed by atoms with Gasteiger partial charge < -0.3 is 4.90 Å². The van der Waals surface area contributed by atoms with E-state index in [1.54, 1.807) is 6.07 Å². The van der Waals surface area contributed by atoms with Crippen LogP contribution in [0.3, 0.4) is 0 Å². The Bertz CT molecular complexity index is 535. The van der Waals surface area contributed by atoms with E-state index in [2.05, 4.69) is 0 Å². The fraction of sp³-hybridized carbons (Fsp3) is 0.308. The molecule has 1 aromatic carbocycles. The molecule has 1 fully saturated rings. The number of carbonyl (C=O) groups is 2. The number of nitrogens with zero attached hydrogens (tertiary/aromatic N) is 3. The molecule has 0 N–H and O–H groups in total. The number of halogens is 1. The first-order valence-electron chi connectivity index (χ1n) is 5.82. The summed E-state index contributed by atoms with van der Waals surface area (Å²) in [5, 5.41) is 8.48. The van der Waals surface area contributed by atoms with Gasteiger partial charge in [0.1, 0.15) is 5.82 Å². The number of hydrogen-bond donors (Lipinski definition) is 0. The fourth-order valence-corrected chi connectivity index (χ4v) is 1.96. The SMILES string of the molecule is N#CCCN1C(=O)CN(c2cccc(F)c2)CC1=O. The van der Waals surface area contributed by atoms with Crippen LogP contribution in [-0.4, -0.2) is 36.3 Å². The van der Waals surface area contributed by atoms with Crippen LogP contribution in [0.25, 0.3) is 0 Å². The molecule has 0 saturated carbocycles. The second-order valence-electron chi connectivity index (χ2n) is 4.18. The highest BCUT2D eigenvalue weighted by molar-refractivity contribution is 6.02. The van der Waals surface area contributed by atoms with Crippen molar-refractivity contribution in [3.63, 3.8) is 0 Å². The summed E-state index contributed by atoms with van der Waals surface area (Å²) in [7, 11) is 0. The van der Waals surface area contributed by atoms with Crippen LogP contribution in [0, 0.1) is 17.1 Å². The lowest BCUT2D eigenvalue weighted by molar-refractivity contribution is -0.145. The Morgan fingerprint density at radius 1 is 1.26 bits per heavy atom. The zero-order valence-electron chi connectivity index (χ0n) is 10.2. The molecule has 1 aromatic rings. The van der Waals surface area contributed by atoms with E-state index in [1.165, 1.54) is 23.1 Å². The molecule has 1 saturated heterocycles. The summed E-state index contributed by atoms with van der Waals surface area (Å²) < 4.78 is 13.1. The Morgan fingerprint density at radius 2 is 1.95 bits per heavy atom. The Balaban J connectivity index is 2.11. The van der Waals surface area contributed by atoms with E-state index in [0.717, 1.165) is 4.90 Å². The molecule has 1 aliphatic heterocycles. The molecular formula is C13H12FN3O2. The maximum Gasteiger partial charge on any atom is 0.248 e. The molecule has 0 bridgehead atoms. The van der Waals surface area contributed by atoms with Crippen molar-refractivity contribution >= 4 is 17.5 Å². The van der Waals surface area contributed by atoms with Crippen LogP contribution in [0.1, 0.15) is 6.42 Å². The molecule has 0 spiro atoms. The minimum atomic E-state index is -0.413. The molecule has 98 valence electrons. The van der Waals surface area contributed by atoms with Crippen molar-refractivity contribution in [2.24, 2.45) is 0 Å². The largest absolute Gasteiger partial charge is 0.353 e. The predicted octanol–water partition coefficient (Wildman–Crippen LogP) is 0.915. The number of piperazine rings is 1. The van der Waals surface area contributed by atoms with Crippen LogP contribution in [0.15, 0.2) is 24.3 Å². The van der Waals surface area contributed by atoms with Crippen molar-refractivity contribution in [3.05, 3.63) is 30.1 Å². The van der Waals surface area contributed by atoms with E-state index in [1.807, 2.05) is 6.07 Å². The van der Waals surface area contributed by atoms with Crippen LogP contribution in [0.5, 0.6) is 0 Å². The third kappa shape index (κ3) is 2.88. The lowest BCUT2D eigenvalue weighted by atomic mass is 10.2. The number of benzene rings is 1. The Hall–Kier alpha value is -2.42. The molecule has 1 heterocycles. The normalized spacial score (nSPS) is 15.6. The Morgan fingerprint density at radius 3 is 2.53 bits per heavy atom. The summed E-state index contributed by atoms with van der Waals surface area (Å²) in [6.45, 7) is 0.145. The summed E-state index contributed by atoms with van der Waals surface area (Å²) in [5.74, 6) is -1.14. The average molecular weight is 261 g/mol. The maximum absolute atomic E-state index is 13.1. The molecule has 2 amide bonds. The van der Waals surface area contributed by atoms with Gasteiger partial charge in [-0.05, 0) is 18.2 Å². The smallest absolute Gasteiger partial charge is 0.248 e. The second kappa shape index (κ2) is 5.48. The van der Waals surface area contributed by atoms with Gasteiger partial charge >= 0.3 is 0 Å². The monoisotopic (exact) mass is 261 g/mol. The van der Waals surface area contributed by atoms with Crippen molar-refractivity contribution in [2.45, 2.75) is 6.42 Å². The maximum atomic E-state index is 13.1. The topological polar surface area (TPSA) is 64.4 Å². The van der Waals surface area contributed by atoms with Crippen molar-refractivity contribution in [3.8, 4) is 6.07 Å². The first kappa shape index (κ1) is 13.0. The average Bonchev–Trinajstić information content (AvgIpc) is 2.37. The quantitative estimate of drug-likeness (QED) is 0.759. The molecule has 0 aromatic heterocycles. The lowest BCUT2D eigenvalue weighted by Crippen LogP contribution is -2.54. The van der Waals surface area contributed by atoms with E-state index in [9.17, 15) is 14.0 Å². The summed E-state index contributed by atoms with van der Waals surface area (Å²) in [6.07, 6.45) is 0.122. The molecule has 0 atom stereocenters. The summed E-state index contributed by atoms with van der Waals surface area (Å²) in [4.78, 5) is 26.3. The van der Waals surface area contributed by atoms with E-state index < -0.39 is 5.82 Å². The molecule has 19 heavy (non-hydrogen) atoms. The van der Waals surface area contributed by atoms with Gasteiger partial charge in [-0.2, -0.15) is 5.26 Å². The third-order valence-electron chi connectivity index (χ3n) is 2.87. The van der Waals surface area contributed by atoms with E-state index in [0.29, 0.717) is 5.69 Å². The van der Waals surface area contributed by atoms with Gasteiger partial charge in [-0.3, -0.25) is 14.5 Å². The van der Waals surface area contributed by atoms with Crippen LogP contribution in [0.2, 0.25) is 0 Å². The van der Waals surface area contributed by atoms with Gasteiger partial charge in [0.15, 0.2) is 0 Å². The van der Waals surface area contributed by atoms with E-state index >= 15 is 0 Å². The van der Waals surface area contributed by atoms with Crippen LogP contribution >= 0.6 is 0 Å². The van der Waals surface area contributed by atoms with Crippen molar-refractivity contribution in [2.75, 3.05) is 24.5 Å². The molecule has 5 nitrogen and oxygen atoms in total. The highest BCUT2D eigenvalue weighted by atomic mass is 19.1.